The molecule has 1 unspecified atom stereocenters. The number of amides is 1. The summed E-state index contributed by atoms with van der Waals surface area (Å²) in [5, 5.41) is 13.0. The van der Waals surface area contributed by atoms with E-state index in [1.165, 1.54) is 6.07 Å². The van der Waals surface area contributed by atoms with E-state index in [1.54, 1.807) is 19.1 Å². The third-order valence-electron chi connectivity index (χ3n) is 2.08. The average Bonchev–Trinajstić information content (AvgIpc) is 2.21. The Morgan fingerprint density at radius 2 is 2.27 bits per heavy atom. The fraction of sp³-hybridized carbons (Fsp3) is 0.364. The van der Waals surface area contributed by atoms with E-state index in [4.69, 9.17) is 0 Å². The van der Waals surface area contributed by atoms with Gasteiger partial charge in [-0.3, -0.25) is 4.79 Å². The highest BCUT2D eigenvalue weighted by Gasteiger charge is 2.09. The van der Waals surface area contributed by atoms with Crippen LogP contribution in [0.15, 0.2) is 18.2 Å². The number of rotatable bonds is 3. The number of hydrogen-bond acceptors (Lipinski definition) is 2. The SMILES string of the molecule is Cc1ccc(C(=O)NC(C)CBr)cc1O. The van der Waals surface area contributed by atoms with E-state index in [1.807, 2.05) is 6.92 Å². The molecule has 0 aliphatic heterocycles. The van der Waals surface area contributed by atoms with Crippen molar-refractivity contribution in [2.75, 3.05) is 5.33 Å². The molecule has 1 rings (SSSR count). The number of alkyl halides is 1. The summed E-state index contributed by atoms with van der Waals surface area (Å²) < 4.78 is 0. The Morgan fingerprint density at radius 1 is 1.60 bits per heavy atom. The van der Waals surface area contributed by atoms with Crippen LogP contribution in [0.5, 0.6) is 5.75 Å². The monoisotopic (exact) mass is 271 g/mol. The van der Waals surface area contributed by atoms with Crippen LogP contribution in [0.25, 0.3) is 0 Å². The molecule has 0 fully saturated rings. The van der Waals surface area contributed by atoms with Gasteiger partial charge in [0.15, 0.2) is 0 Å². The number of nitrogens with one attached hydrogen (secondary N) is 1. The molecule has 15 heavy (non-hydrogen) atoms. The van der Waals surface area contributed by atoms with E-state index >= 15 is 0 Å². The van der Waals surface area contributed by atoms with E-state index in [2.05, 4.69) is 21.2 Å². The molecule has 0 saturated heterocycles. The average molecular weight is 272 g/mol. The van der Waals surface area contributed by atoms with Crippen LogP contribution in [-0.4, -0.2) is 22.4 Å². The molecular weight excluding hydrogens is 258 g/mol. The number of halogens is 1. The number of aryl methyl sites for hydroxylation is 1. The van der Waals surface area contributed by atoms with E-state index < -0.39 is 0 Å². The van der Waals surface area contributed by atoms with Crippen LogP contribution in [0.4, 0.5) is 0 Å². The summed E-state index contributed by atoms with van der Waals surface area (Å²) in [7, 11) is 0. The Hall–Kier alpha value is -1.03. The predicted molar refractivity (Wildman–Crippen MR) is 63.6 cm³/mol. The van der Waals surface area contributed by atoms with Crippen molar-refractivity contribution in [2.24, 2.45) is 0 Å². The minimum atomic E-state index is -0.169. The lowest BCUT2D eigenvalue weighted by atomic mass is 10.1. The van der Waals surface area contributed by atoms with Gasteiger partial charge in [0.1, 0.15) is 5.75 Å². The number of carbonyl (C=O) groups excluding carboxylic acids is 1. The van der Waals surface area contributed by atoms with Crippen LogP contribution >= 0.6 is 15.9 Å². The quantitative estimate of drug-likeness (QED) is 0.829. The van der Waals surface area contributed by atoms with Gasteiger partial charge in [-0.2, -0.15) is 0 Å². The number of phenolic OH excluding ortho intramolecular Hbond substituents is 1. The van der Waals surface area contributed by atoms with E-state index in [0.29, 0.717) is 10.9 Å². The van der Waals surface area contributed by atoms with Crippen LogP contribution < -0.4 is 5.32 Å². The maximum absolute atomic E-state index is 11.6. The first-order valence-corrected chi connectivity index (χ1v) is 5.83. The Bertz CT molecular complexity index is 366. The number of carbonyl (C=O) groups is 1. The first-order chi connectivity index (χ1) is 7.04. The summed E-state index contributed by atoms with van der Waals surface area (Å²) in [6, 6.07) is 4.97. The van der Waals surface area contributed by atoms with E-state index in [0.717, 1.165) is 5.56 Å². The van der Waals surface area contributed by atoms with Crippen molar-refractivity contribution in [3.63, 3.8) is 0 Å². The molecule has 82 valence electrons. The summed E-state index contributed by atoms with van der Waals surface area (Å²) in [6.07, 6.45) is 0. The van der Waals surface area contributed by atoms with E-state index in [9.17, 15) is 9.90 Å². The fourth-order valence-corrected chi connectivity index (χ4v) is 1.26. The maximum Gasteiger partial charge on any atom is 0.251 e. The molecule has 0 bridgehead atoms. The van der Waals surface area contributed by atoms with Crippen LogP contribution in [0.2, 0.25) is 0 Å². The Morgan fingerprint density at radius 3 is 2.80 bits per heavy atom. The predicted octanol–water partition coefficient (Wildman–Crippen LogP) is 2.21. The molecule has 3 nitrogen and oxygen atoms in total. The Balaban J connectivity index is 2.78. The largest absolute Gasteiger partial charge is 0.508 e. The highest BCUT2D eigenvalue weighted by Crippen LogP contribution is 2.17. The van der Waals surface area contributed by atoms with Crippen molar-refractivity contribution in [3.05, 3.63) is 29.3 Å². The first-order valence-electron chi connectivity index (χ1n) is 4.71. The summed E-state index contributed by atoms with van der Waals surface area (Å²) in [4.78, 5) is 11.6. The lowest BCUT2D eigenvalue weighted by Crippen LogP contribution is -2.33. The van der Waals surface area contributed by atoms with Crippen molar-refractivity contribution >= 4 is 21.8 Å². The highest BCUT2D eigenvalue weighted by atomic mass is 79.9. The lowest BCUT2D eigenvalue weighted by molar-refractivity contribution is 0.0943. The molecule has 4 heteroatoms. The second kappa shape index (κ2) is 5.16. The topological polar surface area (TPSA) is 49.3 Å². The number of aromatic hydroxyl groups is 1. The molecule has 0 aliphatic rings. The van der Waals surface area contributed by atoms with Crippen LogP contribution in [0, 0.1) is 6.92 Å². The summed E-state index contributed by atoms with van der Waals surface area (Å²) in [5.74, 6) is -0.0219. The Kier molecular flexibility index (Phi) is 4.15. The zero-order valence-electron chi connectivity index (χ0n) is 8.75. The zero-order chi connectivity index (χ0) is 11.4. The van der Waals surface area contributed by atoms with Crippen molar-refractivity contribution in [1.29, 1.82) is 0 Å². The number of hydrogen-bond donors (Lipinski definition) is 2. The van der Waals surface area contributed by atoms with Gasteiger partial charge in [-0.05, 0) is 31.5 Å². The second-order valence-electron chi connectivity index (χ2n) is 3.53. The van der Waals surface area contributed by atoms with E-state index in [-0.39, 0.29) is 17.7 Å². The van der Waals surface area contributed by atoms with Gasteiger partial charge in [0.05, 0.1) is 0 Å². The van der Waals surface area contributed by atoms with Gasteiger partial charge in [-0.25, -0.2) is 0 Å². The molecule has 0 spiro atoms. The normalized spacial score (nSPS) is 12.2. The van der Waals surface area contributed by atoms with Crippen molar-refractivity contribution in [2.45, 2.75) is 19.9 Å². The summed E-state index contributed by atoms with van der Waals surface area (Å²) in [5.41, 5.74) is 1.24. The minimum Gasteiger partial charge on any atom is -0.508 e. The Labute approximate surface area is 97.6 Å². The smallest absolute Gasteiger partial charge is 0.251 e. The van der Waals surface area contributed by atoms with Gasteiger partial charge in [-0.1, -0.05) is 22.0 Å². The molecule has 0 aliphatic carbocycles. The lowest BCUT2D eigenvalue weighted by Gasteiger charge is -2.11. The molecule has 1 aromatic rings. The van der Waals surface area contributed by atoms with Gasteiger partial charge >= 0.3 is 0 Å². The van der Waals surface area contributed by atoms with Crippen LogP contribution in [-0.2, 0) is 0 Å². The zero-order valence-corrected chi connectivity index (χ0v) is 10.3. The van der Waals surface area contributed by atoms with Crippen molar-refractivity contribution < 1.29 is 9.90 Å². The minimum absolute atomic E-state index is 0.0703. The molecule has 0 heterocycles. The molecular formula is C11H14BrNO2. The third kappa shape index (κ3) is 3.23. The number of phenols is 1. The summed E-state index contributed by atoms with van der Waals surface area (Å²) in [6.45, 7) is 3.69. The van der Waals surface area contributed by atoms with Gasteiger partial charge in [0.25, 0.3) is 5.91 Å². The molecule has 1 atom stereocenters. The fourth-order valence-electron chi connectivity index (χ4n) is 1.10. The van der Waals surface area contributed by atoms with Gasteiger partial charge in [0, 0.05) is 16.9 Å². The van der Waals surface area contributed by atoms with Crippen LogP contribution in [0.3, 0.4) is 0 Å². The van der Waals surface area contributed by atoms with Gasteiger partial charge in [0.2, 0.25) is 0 Å². The first kappa shape index (κ1) is 12.0. The molecule has 1 amide bonds. The van der Waals surface area contributed by atoms with Crippen molar-refractivity contribution in [1.82, 2.24) is 5.32 Å². The van der Waals surface area contributed by atoms with Gasteiger partial charge < -0.3 is 10.4 Å². The second-order valence-corrected chi connectivity index (χ2v) is 4.18. The summed E-state index contributed by atoms with van der Waals surface area (Å²) >= 11 is 3.28. The third-order valence-corrected chi connectivity index (χ3v) is 3.05. The maximum atomic E-state index is 11.6. The molecule has 0 radical (unpaired) electrons. The highest BCUT2D eigenvalue weighted by molar-refractivity contribution is 9.09. The van der Waals surface area contributed by atoms with Gasteiger partial charge in [-0.15, -0.1) is 0 Å². The molecule has 1 aromatic carbocycles. The van der Waals surface area contributed by atoms with Crippen molar-refractivity contribution in [3.8, 4) is 5.75 Å². The molecule has 2 N–H and O–H groups in total. The van der Waals surface area contributed by atoms with Crippen LogP contribution in [0.1, 0.15) is 22.8 Å². The standard InChI is InChI=1S/C11H14BrNO2/c1-7-3-4-9(5-10(7)14)11(15)13-8(2)6-12/h3-5,8,14H,6H2,1-2H3,(H,13,15). The number of benzene rings is 1. The molecule has 0 saturated carbocycles. The molecule has 0 aromatic heterocycles.